The van der Waals surface area contributed by atoms with Gasteiger partial charge in [0.25, 0.3) is 0 Å². The lowest BCUT2D eigenvalue weighted by atomic mass is 9.97. The molecule has 0 amide bonds. The molecule has 1 fully saturated rings. The molecule has 5 heteroatoms. The van der Waals surface area contributed by atoms with E-state index in [1.54, 1.807) is 6.07 Å². The monoisotopic (exact) mass is 280 g/mol. The van der Waals surface area contributed by atoms with Crippen molar-refractivity contribution in [3.8, 4) is 0 Å². The molecule has 4 rings (SSSR count). The fourth-order valence-electron chi connectivity index (χ4n) is 3.83. The van der Waals surface area contributed by atoms with Gasteiger partial charge < -0.3 is 4.98 Å². The highest BCUT2D eigenvalue weighted by atomic mass is 19.4. The number of nitrogens with zero attached hydrogens (tertiary/aromatic N) is 1. The molecule has 2 bridgehead atoms. The summed E-state index contributed by atoms with van der Waals surface area (Å²) in [6.45, 7) is 0. The van der Waals surface area contributed by atoms with E-state index in [2.05, 4.69) is 16.9 Å². The summed E-state index contributed by atoms with van der Waals surface area (Å²) in [5, 5.41) is 0.743. The average molecular weight is 280 g/mol. The van der Waals surface area contributed by atoms with E-state index in [1.807, 2.05) is 0 Å². The van der Waals surface area contributed by atoms with Crippen molar-refractivity contribution in [2.75, 3.05) is 7.05 Å². The van der Waals surface area contributed by atoms with Crippen molar-refractivity contribution in [1.29, 1.82) is 0 Å². The topological polar surface area (TPSA) is 19.0 Å². The van der Waals surface area contributed by atoms with E-state index in [4.69, 9.17) is 0 Å². The number of benzene rings is 1. The number of rotatable bonds is 0. The zero-order chi connectivity index (χ0) is 14.1. The fraction of sp³-hybridized carbons (Fsp3) is 0.467. The lowest BCUT2D eigenvalue weighted by molar-refractivity contribution is -0.137. The van der Waals surface area contributed by atoms with E-state index in [1.165, 1.54) is 6.07 Å². The second kappa shape index (κ2) is 3.79. The van der Waals surface area contributed by atoms with Crippen LogP contribution < -0.4 is 0 Å². The minimum atomic E-state index is -4.28. The van der Waals surface area contributed by atoms with Crippen molar-refractivity contribution in [1.82, 2.24) is 9.88 Å². The summed E-state index contributed by atoms with van der Waals surface area (Å²) in [5.41, 5.74) is 2.48. The van der Waals surface area contributed by atoms with Crippen LogP contribution in [0.5, 0.6) is 0 Å². The molecule has 20 heavy (non-hydrogen) atoms. The Morgan fingerprint density at radius 3 is 2.80 bits per heavy atom. The van der Waals surface area contributed by atoms with Gasteiger partial charge in [0.2, 0.25) is 0 Å². The van der Waals surface area contributed by atoms with Crippen molar-refractivity contribution >= 4 is 10.9 Å². The summed E-state index contributed by atoms with van der Waals surface area (Å²) < 4.78 is 38.7. The van der Waals surface area contributed by atoms with E-state index in [0.29, 0.717) is 6.04 Å². The van der Waals surface area contributed by atoms with Crippen molar-refractivity contribution in [3.05, 3.63) is 35.0 Å². The molecule has 1 saturated heterocycles. The Bertz CT molecular complexity index is 686. The molecule has 1 N–H and O–H groups in total. The fourth-order valence-corrected chi connectivity index (χ4v) is 3.83. The molecule has 106 valence electrons. The predicted molar refractivity (Wildman–Crippen MR) is 70.5 cm³/mol. The number of fused-ring (bicyclic) bond motifs is 6. The number of aromatic amines is 1. The number of hydrogen-bond donors (Lipinski definition) is 1. The molecule has 0 saturated carbocycles. The molecule has 2 aliphatic heterocycles. The minimum Gasteiger partial charge on any atom is -0.358 e. The third-order valence-electron chi connectivity index (χ3n) is 4.86. The van der Waals surface area contributed by atoms with Crippen LogP contribution in [0, 0.1) is 0 Å². The first kappa shape index (κ1) is 12.3. The minimum absolute atomic E-state index is 0.265. The van der Waals surface area contributed by atoms with Crippen LogP contribution in [0.3, 0.4) is 0 Å². The molecule has 0 spiro atoms. The Morgan fingerprint density at radius 1 is 1.25 bits per heavy atom. The van der Waals surface area contributed by atoms with Gasteiger partial charge in [0.05, 0.1) is 5.56 Å². The Hall–Kier alpha value is -1.49. The third-order valence-corrected chi connectivity index (χ3v) is 4.86. The Morgan fingerprint density at radius 2 is 2.05 bits per heavy atom. The van der Waals surface area contributed by atoms with Gasteiger partial charge in [0.15, 0.2) is 0 Å². The second-order valence-corrected chi connectivity index (χ2v) is 5.89. The van der Waals surface area contributed by atoms with E-state index in [9.17, 15) is 13.2 Å². The number of aromatic nitrogens is 1. The van der Waals surface area contributed by atoms with Gasteiger partial charge in [0, 0.05) is 35.1 Å². The molecule has 0 aliphatic carbocycles. The van der Waals surface area contributed by atoms with Gasteiger partial charge in [-0.15, -0.1) is 0 Å². The number of nitrogens with one attached hydrogen (secondary N) is 1. The van der Waals surface area contributed by atoms with E-state index in [0.717, 1.165) is 47.5 Å². The Kier molecular flexibility index (Phi) is 2.32. The first-order chi connectivity index (χ1) is 9.45. The zero-order valence-electron chi connectivity index (χ0n) is 11.1. The quantitative estimate of drug-likeness (QED) is 0.776. The van der Waals surface area contributed by atoms with Crippen molar-refractivity contribution < 1.29 is 13.2 Å². The standard InChI is InChI=1S/C15H15F3N2/c1-20-9-3-5-13(20)14-10-6-8(15(16,17)18)2-4-11(10)19-12(14)7-9/h2,4,6,9,13,19H,3,5,7H2,1H3. The highest BCUT2D eigenvalue weighted by molar-refractivity contribution is 5.86. The smallest absolute Gasteiger partial charge is 0.358 e. The Balaban J connectivity index is 1.94. The molecule has 0 radical (unpaired) electrons. The van der Waals surface area contributed by atoms with E-state index >= 15 is 0 Å². The van der Waals surface area contributed by atoms with Crippen molar-refractivity contribution in [2.45, 2.75) is 37.5 Å². The number of likely N-dealkylation sites (N-methyl/N-ethyl adjacent to an activating group) is 1. The largest absolute Gasteiger partial charge is 0.416 e. The molecular formula is C15H15F3N2. The summed E-state index contributed by atoms with van der Waals surface area (Å²) in [6, 6.07) is 4.82. The van der Waals surface area contributed by atoms with Crippen LogP contribution in [0.2, 0.25) is 0 Å². The molecule has 2 atom stereocenters. The third kappa shape index (κ3) is 1.56. The van der Waals surface area contributed by atoms with Crippen LogP contribution >= 0.6 is 0 Å². The first-order valence-corrected chi connectivity index (χ1v) is 6.89. The maximum absolute atomic E-state index is 12.9. The lowest BCUT2D eigenvalue weighted by Crippen LogP contribution is -2.33. The van der Waals surface area contributed by atoms with Crippen LogP contribution in [-0.4, -0.2) is 23.0 Å². The number of hydrogen-bond acceptors (Lipinski definition) is 1. The molecular weight excluding hydrogens is 265 g/mol. The van der Waals surface area contributed by atoms with Gasteiger partial charge in [-0.3, -0.25) is 4.90 Å². The van der Waals surface area contributed by atoms with Gasteiger partial charge in [0.1, 0.15) is 0 Å². The SMILES string of the molecule is CN1C2CCC1c1c([nH]c3ccc(C(F)(F)F)cc13)C2. The normalized spacial score (nSPS) is 26.2. The summed E-state index contributed by atoms with van der Waals surface area (Å²) in [6.07, 6.45) is -1.20. The number of H-pyrrole nitrogens is 1. The average Bonchev–Trinajstić information content (AvgIpc) is 2.84. The van der Waals surface area contributed by atoms with Crippen molar-refractivity contribution in [2.24, 2.45) is 0 Å². The summed E-state index contributed by atoms with van der Waals surface area (Å²) in [7, 11) is 2.08. The highest BCUT2D eigenvalue weighted by Gasteiger charge is 2.40. The van der Waals surface area contributed by atoms with Crippen LogP contribution in [-0.2, 0) is 12.6 Å². The molecule has 2 nitrogen and oxygen atoms in total. The summed E-state index contributed by atoms with van der Waals surface area (Å²) in [5.74, 6) is 0. The highest BCUT2D eigenvalue weighted by Crippen LogP contribution is 2.46. The van der Waals surface area contributed by atoms with Gasteiger partial charge in [-0.25, -0.2) is 0 Å². The summed E-state index contributed by atoms with van der Waals surface area (Å²) in [4.78, 5) is 5.64. The van der Waals surface area contributed by atoms with E-state index < -0.39 is 11.7 Å². The van der Waals surface area contributed by atoms with Crippen LogP contribution in [0.25, 0.3) is 10.9 Å². The van der Waals surface area contributed by atoms with E-state index in [-0.39, 0.29) is 6.04 Å². The first-order valence-electron chi connectivity index (χ1n) is 6.89. The van der Waals surface area contributed by atoms with Gasteiger partial charge in [-0.05, 0) is 43.7 Å². The lowest BCUT2D eigenvalue weighted by Gasteiger charge is -2.31. The molecule has 2 aromatic rings. The maximum Gasteiger partial charge on any atom is 0.416 e. The summed E-state index contributed by atoms with van der Waals surface area (Å²) >= 11 is 0. The van der Waals surface area contributed by atoms with Crippen LogP contribution in [0.4, 0.5) is 13.2 Å². The van der Waals surface area contributed by atoms with Crippen LogP contribution in [0.15, 0.2) is 18.2 Å². The molecule has 2 aliphatic rings. The second-order valence-electron chi connectivity index (χ2n) is 5.89. The van der Waals surface area contributed by atoms with Gasteiger partial charge in [-0.2, -0.15) is 13.2 Å². The molecule has 1 aromatic heterocycles. The number of halogens is 3. The zero-order valence-corrected chi connectivity index (χ0v) is 11.1. The van der Waals surface area contributed by atoms with Crippen LogP contribution in [0.1, 0.15) is 35.7 Å². The van der Waals surface area contributed by atoms with Gasteiger partial charge >= 0.3 is 6.18 Å². The molecule has 2 unspecified atom stereocenters. The van der Waals surface area contributed by atoms with Crippen molar-refractivity contribution in [3.63, 3.8) is 0 Å². The Labute approximate surface area is 114 Å². The maximum atomic E-state index is 12.9. The number of alkyl halides is 3. The predicted octanol–water partition coefficient (Wildman–Crippen LogP) is 3.88. The van der Waals surface area contributed by atoms with Gasteiger partial charge in [-0.1, -0.05) is 0 Å². The molecule has 1 aromatic carbocycles. The molecule has 3 heterocycles.